The zero-order valence-electron chi connectivity index (χ0n) is 16.4. The first-order valence-corrected chi connectivity index (χ1v) is 10.3. The molecule has 0 radical (unpaired) electrons. The molecule has 0 saturated carbocycles. The molecule has 29 heavy (non-hydrogen) atoms. The number of nitrogens with one attached hydrogen (secondary N) is 1. The number of rotatable bonds is 4. The first-order valence-electron chi connectivity index (χ1n) is 10.3. The molecule has 7 nitrogen and oxygen atoms in total. The van der Waals surface area contributed by atoms with Gasteiger partial charge in [0, 0.05) is 49.2 Å². The molecule has 2 aliphatic heterocycles. The van der Waals surface area contributed by atoms with Crippen LogP contribution >= 0.6 is 0 Å². The third kappa shape index (κ3) is 3.56. The molecule has 4 heterocycles. The molecule has 152 valence electrons. The highest BCUT2D eigenvalue weighted by Crippen LogP contribution is 2.30. The SMILES string of the molecule is N[C@H](Cc1c[nH]c2ccccc12)C(=O)N1CCc2oc(C3CCOCC3)nc2C1. The third-order valence-corrected chi connectivity index (χ3v) is 6.06. The van der Waals surface area contributed by atoms with Gasteiger partial charge in [0.1, 0.15) is 11.5 Å². The van der Waals surface area contributed by atoms with Gasteiger partial charge >= 0.3 is 0 Å². The predicted octanol–water partition coefficient (Wildman–Crippen LogP) is 2.50. The number of hydrogen-bond acceptors (Lipinski definition) is 5. The van der Waals surface area contributed by atoms with E-state index in [9.17, 15) is 4.79 Å². The number of ether oxygens (including phenoxy) is 1. The lowest BCUT2D eigenvalue weighted by molar-refractivity contribution is -0.133. The van der Waals surface area contributed by atoms with E-state index in [0.717, 1.165) is 59.9 Å². The smallest absolute Gasteiger partial charge is 0.240 e. The van der Waals surface area contributed by atoms with Crippen LogP contribution in [-0.4, -0.2) is 46.6 Å². The summed E-state index contributed by atoms with van der Waals surface area (Å²) in [6, 6.07) is 7.50. The second kappa shape index (κ2) is 7.65. The fourth-order valence-corrected chi connectivity index (χ4v) is 4.39. The molecule has 1 fully saturated rings. The van der Waals surface area contributed by atoms with Crippen molar-refractivity contribution < 1.29 is 13.9 Å². The van der Waals surface area contributed by atoms with Crippen LogP contribution < -0.4 is 5.73 Å². The minimum atomic E-state index is -0.572. The molecule has 1 aromatic carbocycles. The van der Waals surface area contributed by atoms with Gasteiger partial charge < -0.3 is 24.8 Å². The van der Waals surface area contributed by atoms with Gasteiger partial charge in [0.25, 0.3) is 0 Å². The summed E-state index contributed by atoms with van der Waals surface area (Å²) in [5, 5.41) is 1.12. The van der Waals surface area contributed by atoms with Crippen LogP contribution in [0.15, 0.2) is 34.9 Å². The maximum atomic E-state index is 13.0. The first kappa shape index (κ1) is 18.4. The van der Waals surface area contributed by atoms with Crippen molar-refractivity contribution in [2.45, 2.75) is 44.2 Å². The normalized spacial score (nSPS) is 18.7. The Kier molecular flexibility index (Phi) is 4.85. The largest absolute Gasteiger partial charge is 0.445 e. The van der Waals surface area contributed by atoms with E-state index in [2.05, 4.69) is 11.1 Å². The van der Waals surface area contributed by atoms with Crippen molar-refractivity contribution in [2.75, 3.05) is 19.8 Å². The van der Waals surface area contributed by atoms with Crippen LogP contribution in [0.25, 0.3) is 10.9 Å². The number of aromatic nitrogens is 2. The van der Waals surface area contributed by atoms with E-state index < -0.39 is 6.04 Å². The summed E-state index contributed by atoms with van der Waals surface area (Å²) in [5.41, 5.74) is 9.32. The highest BCUT2D eigenvalue weighted by molar-refractivity contribution is 5.86. The highest BCUT2D eigenvalue weighted by atomic mass is 16.5. The second-order valence-corrected chi connectivity index (χ2v) is 7.99. The van der Waals surface area contributed by atoms with Gasteiger partial charge in [-0.05, 0) is 30.9 Å². The number of nitrogens with two attached hydrogens (primary N) is 1. The van der Waals surface area contributed by atoms with E-state index in [-0.39, 0.29) is 5.91 Å². The summed E-state index contributed by atoms with van der Waals surface area (Å²) in [4.78, 5) is 22.8. The lowest BCUT2D eigenvalue weighted by atomic mass is 10.0. The predicted molar refractivity (Wildman–Crippen MR) is 108 cm³/mol. The highest BCUT2D eigenvalue weighted by Gasteiger charge is 2.30. The Balaban J connectivity index is 1.27. The summed E-state index contributed by atoms with van der Waals surface area (Å²) in [7, 11) is 0. The van der Waals surface area contributed by atoms with Crippen LogP contribution in [-0.2, 0) is 28.9 Å². The Morgan fingerprint density at radius 2 is 2.14 bits per heavy atom. The molecule has 3 N–H and O–H groups in total. The average Bonchev–Trinajstić information content (AvgIpc) is 3.37. The van der Waals surface area contributed by atoms with Crippen molar-refractivity contribution in [2.24, 2.45) is 5.73 Å². The molecule has 0 bridgehead atoms. The Labute approximate surface area is 169 Å². The molecule has 1 amide bonds. The van der Waals surface area contributed by atoms with Crippen molar-refractivity contribution in [1.29, 1.82) is 0 Å². The van der Waals surface area contributed by atoms with E-state index in [1.807, 2.05) is 29.3 Å². The third-order valence-electron chi connectivity index (χ3n) is 6.06. The van der Waals surface area contributed by atoms with Gasteiger partial charge in [0.2, 0.25) is 5.91 Å². The number of hydrogen-bond donors (Lipinski definition) is 2. The first-order chi connectivity index (χ1) is 14.2. The molecule has 0 spiro atoms. The minimum absolute atomic E-state index is 0.0310. The van der Waals surface area contributed by atoms with Crippen LogP contribution in [0.2, 0.25) is 0 Å². The Morgan fingerprint density at radius 1 is 1.31 bits per heavy atom. The van der Waals surface area contributed by atoms with Gasteiger partial charge in [-0.3, -0.25) is 4.79 Å². The number of nitrogens with zero attached hydrogens (tertiary/aromatic N) is 2. The quantitative estimate of drug-likeness (QED) is 0.709. The van der Waals surface area contributed by atoms with Crippen molar-refractivity contribution in [3.8, 4) is 0 Å². The van der Waals surface area contributed by atoms with Crippen LogP contribution in [0.1, 0.15) is 41.7 Å². The van der Waals surface area contributed by atoms with Gasteiger partial charge in [-0.2, -0.15) is 0 Å². The molecule has 0 aliphatic carbocycles. The van der Waals surface area contributed by atoms with Gasteiger partial charge in [0.05, 0.1) is 12.6 Å². The number of amides is 1. The van der Waals surface area contributed by atoms with Gasteiger partial charge in [-0.15, -0.1) is 0 Å². The standard InChI is InChI=1S/C22H26N4O3/c23-17(11-15-12-24-18-4-2-1-3-16(15)18)22(27)26-8-5-20-19(13-26)25-21(29-20)14-6-9-28-10-7-14/h1-4,12,14,17,24H,5-11,13,23H2/t17-/m1/s1. The van der Waals surface area contributed by atoms with Crippen molar-refractivity contribution in [1.82, 2.24) is 14.9 Å². The molecular formula is C22H26N4O3. The van der Waals surface area contributed by atoms with E-state index in [4.69, 9.17) is 19.9 Å². The number of para-hydroxylation sites is 1. The van der Waals surface area contributed by atoms with Crippen LogP contribution in [0.4, 0.5) is 0 Å². The Bertz CT molecular complexity index is 1020. The second-order valence-electron chi connectivity index (χ2n) is 7.99. The fraction of sp³-hybridized carbons (Fsp3) is 0.455. The number of fused-ring (bicyclic) bond motifs is 2. The summed E-state index contributed by atoms with van der Waals surface area (Å²) in [6.07, 6.45) is 5.04. The molecule has 0 unspecified atom stereocenters. The van der Waals surface area contributed by atoms with Crippen molar-refractivity contribution in [3.05, 3.63) is 53.4 Å². The average molecular weight is 394 g/mol. The van der Waals surface area contributed by atoms with Crippen molar-refractivity contribution >= 4 is 16.8 Å². The van der Waals surface area contributed by atoms with Crippen LogP contribution in [0.3, 0.4) is 0 Å². The lowest BCUT2D eigenvalue weighted by Crippen LogP contribution is -2.46. The number of carbonyl (C=O) groups is 1. The molecule has 1 atom stereocenters. The minimum Gasteiger partial charge on any atom is -0.445 e. The van der Waals surface area contributed by atoms with Gasteiger partial charge in [-0.25, -0.2) is 4.98 Å². The summed E-state index contributed by atoms with van der Waals surface area (Å²) >= 11 is 0. The van der Waals surface area contributed by atoms with E-state index >= 15 is 0 Å². The molecule has 2 aliphatic rings. The number of benzene rings is 1. The van der Waals surface area contributed by atoms with Crippen LogP contribution in [0.5, 0.6) is 0 Å². The summed E-state index contributed by atoms with van der Waals surface area (Å²) in [5.74, 6) is 2.01. The topological polar surface area (TPSA) is 97.4 Å². The van der Waals surface area contributed by atoms with E-state index in [1.54, 1.807) is 0 Å². The number of H-pyrrole nitrogens is 1. The zero-order valence-corrected chi connectivity index (χ0v) is 16.4. The molecule has 1 saturated heterocycles. The van der Waals surface area contributed by atoms with E-state index in [1.165, 1.54) is 0 Å². The van der Waals surface area contributed by atoms with Crippen molar-refractivity contribution in [3.63, 3.8) is 0 Å². The monoisotopic (exact) mass is 394 g/mol. The van der Waals surface area contributed by atoms with Gasteiger partial charge in [0.15, 0.2) is 5.89 Å². The Hall–Kier alpha value is -2.64. The maximum Gasteiger partial charge on any atom is 0.240 e. The maximum absolute atomic E-state index is 13.0. The van der Waals surface area contributed by atoms with Gasteiger partial charge in [-0.1, -0.05) is 18.2 Å². The molecule has 3 aromatic rings. The number of aromatic amines is 1. The fourth-order valence-electron chi connectivity index (χ4n) is 4.39. The number of oxazole rings is 1. The molecule has 5 rings (SSSR count). The van der Waals surface area contributed by atoms with E-state index in [0.29, 0.717) is 31.8 Å². The zero-order chi connectivity index (χ0) is 19.8. The summed E-state index contributed by atoms with van der Waals surface area (Å²) in [6.45, 7) is 2.61. The molecular weight excluding hydrogens is 368 g/mol. The van der Waals surface area contributed by atoms with Crippen LogP contribution in [0, 0.1) is 0 Å². The lowest BCUT2D eigenvalue weighted by Gasteiger charge is -2.27. The Morgan fingerprint density at radius 3 is 3.00 bits per heavy atom. The molecule has 2 aromatic heterocycles. The number of carbonyl (C=O) groups excluding carboxylic acids is 1. The molecule has 7 heteroatoms. The summed E-state index contributed by atoms with van der Waals surface area (Å²) < 4.78 is 11.5.